The van der Waals surface area contributed by atoms with Gasteiger partial charge in [-0.1, -0.05) is 12.8 Å². The molecule has 0 aliphatic heterocycles. The molecule has 1 N–H and O–H groups in total. The number of hydrogen-bond donors (Lipinski definition) is 1. The topological polar surface area (TPSA) is 37.3 Å². The molecule has 0 aromatic rings. The van der Waals surface area contributed by atoms with Gasteiger partial charge in [0.15, 0.2) is 0 Å². The molecule has 0 aromatic carbocycles. The highest BCUT2D eigenvalue weighted by atomic mass is 35.5. The molecule has 0 spiro atoms. The third-order valence-corrected chi connectivity index (χ3v) is 9.63. The van der Waals surface area contributed by atoms with E-state index in [9.17, 15) is 9.90 Å². The Kier molecular flexibility index (Phi) is 5.65. The van der Waals surface area contributed by atoms with Crippen molar-refractivity contribution in [3.8, 4) is 11.3 Å². The lowest BCUT2D eigenvalue weighted by Gasteiger charge is -2.56. The van der Waals surface area contributed by atoms with Crippen LogP contribution in [0, 0.1) is 52.2 Å². The van der Waals surface area contributed by atoms with Gasteiger partial charge in [-0.15, -0.1) is 0 Å². The third-order valence-electron chi connectivity index (χ3n) is 8.97. The molecule has 4 aliphatic carbocycles. The van der Waals surface area contributed by atoms with Crippen LogP contribution in [-0.2, 0) is 4.79 Å². The average molecular weight is 409 g/mol. The summed E-state index contributed by atoms with van der Waals surface area (Å²) in [5.41, 5.74) is -0.623. The monoisotopic (exact) mass is 408 g/mol. The molecular formula is C23H33ClO2S. The molecule has 0 saturated heterocycles. The Morgan fingerprint density at radius 1 is 1.11 bits per heavy atom. The molecule has 150 valence electrons. The zero-order valence-electron chi connectivity index (χ0n) is 16.7. The van der Waals surface area contributed by atoms with Crippen molar-refractivity contribution in [2.45, 2.75) is 70.3 Å². The van der Waals surface area contributed by atoms with E-state index in [0.717, 1.165) is 49.4 Å². The van der Waals surface area contributed by atoms with E-state index >= 15 is 0 Å². The van der Waals surface area contributed by atoms with Gasteiger partial charge in [0.25, 0.3) is 0 Å². The Balaban J connectivity index is 1.50. The zero-order chi connectivity index (χ0) is 19.2. The molecule has 0 aromatic heterocycles. The zero-order valence-corrected chi connectivity index (χ0v) is 18.2. The lowest BCUT2D eigenvalue weighted by molar-refractivity contribution is -0.129. The van der Waals surface area contributed by atoms with Crippen LogP contribution in [0.4, 0.5) is 0 Å². The van der Waals surface area contributed by atoms with E-state index in [-0.39, 0.29) is 5.41 Å². The summed E-state index contributed by atoms with van der Waals surface area (Å²) >= 11 is 7.28. The van der Waals surface area contributed by atoms with Gasteiger partial charge in [-0.2, -0.15) is 11.8 Å². The van der Waals surface area contributed by atoms with Gasteiger partial charge in [-0.25, -0.2) is 0 Å². The van der Waals surface area contributed by atoms with Crippen molar-refractivity contribution in [3.63, 3.8) is 0 Å². The highest BCUT2D eigenvalue weighted by Crippen LogP contribution is 2.64. The minimum Gasteiger partial charge on any atom is -0.378 e. The number of thioether (sulfide) groups is 1. The molecular weight excluding hydrogens is 376 g/mol. The summed E-state index contributed by atoms with van der Waals surface area (Å²) < 4.78 is 0. The van der Waals surface area contributed by atoms with Crippen LogP contribution in [0.3, 0.4) is 0 Å². The van der Waals surface area contributed by atoms with Crippen LogP contribution in [0.2, 0.25) is 0 Å². The summed E-state index contributed by atoms with van der Waals surface area (Å²) in [5, 5.41) is 13.2. The third kappa shape index (κ3) is 3.38. The highest BCUT2D eigenvalue weighted by molar-refractivity contribution is 7.99. The fourth-order valence-electron chi connectivity index (χ4n) is 7.85. The molecule has 4 heteroatoms. The number of fused-ring (bicyclic) bond motifs is 5. The normalized spacial score (nSPS) is 48.6. The van der Waals surface area contributed by atoms with Crippen LogP contribution in [0.1, 0.15) is 64.7 Å². The molecule has 8 atom stereocenters. The van der Waals surface area contributed by atoms with Crippen LogP contribution in [0.5, 0.6) is 0 Å². The van der Waals surface area contributed by atoms with Gasteiger partial charge in [0.05, 0.1) is 5.75 Å². The molecule has 0 bridgehead atoms. The van der Waals surface area contributed by atoms with Gasteiger partial charge < -0.3 is 5.11 Å². The minimum atomic E-state index is -0.859. The molecule has 0 radical (unpaired) electrons. The van der Waals surface area contributed by atoms with E-state index in [4.69, 9.17) is 11.6 Å². The number of aliphatic hydroxyl groups is 1. The van der Waals surface area contributed by atoms with E-state index in [1.807, 2.05) is 6.26 Å². The standard InChI is InChI=1S/C23H33ClO2S/c1-22-9-7-17-16-8-10-23(26,11-12-24)13-15(16)3-4-18(17)19(22)5-6-20(22)21(25)14-27-2/h15-20,26H,3-10,13-14H2,1-2H3/t15-,16-,17+,18+,19-,20+,22-,23-/m0/s1. The second kappa shape index (κ2) is 7.58. The van der Waals surface area contributed by atoms with Crippen molar-refractivity contribution in [3.05, 3.63) is 0 Å². The van der Waals surface area contributed by atoms with Gasteiger partial charge in [0, 0.05) is 11.3 Å². The summed E-state index contributed by atoms with van der Waals surface area (Å²) in [6.07, 6.45) is 12.1. The van der Waals surface area contributed by atoms with Crippen molar-refractivity contribution in [2.24, 2.45) is 40.9 Å². The first-order chi connectivity index (χ1) is 12.9. The molecule has 27 heavy (non-hydrogen) atoms. The van der Waals surface area contributed by atoms with Gasteiger partial charge in [0.2, 0.25) is 0 Å². The summed E-state index contributed by atoms with van der Waals surface area (Å²) in [5.74, 6) is 8.02. The van der Waals surface area contributed by atoms with E-state index < -0.39 is 5.60 Å². The number of hydrogen-bond acceptors (Lipinski definition) is 3. The Bertz CT molecular complexity index is 654. The molecule has 0 amide bonds. The predicted molar refractivity (Wildman–Crippen MR) is 113 cm³/mol. The first-order valence-corrected chi connectivity index (χ1v) is 12.6. The van der Waals surface area contributed by atoms with E-state index in [2.05, 4.69) is 18.2 Å². The maximum absolute atomic E-state index is 12.8. The SMILES string of the molecule is CSCC(=O)[C@H]1CC[C@H]2[C@@H]3CC[C@H]4C[C@@](O)(C#CCl)CC[C@@H]4[C@H]3CC[C@]12C. The molecule has 0 heterocycles. The van der Waals surface area contributed by atoms with Crippen LogP contribution >= 0.6 is 23.4 Å². The largest absolute Gasteiger partial charge is 0.378 e. The van der Waals surface area contributed by atoms with Crippen molar-refractivity contribution >= 4 is 29.1 Å². The number of rotatable bonds is 3. The molecule has 4 fully saturated rings. The smallest absolute Gasteiger partial charge is 0.146 e. The Morgan fingerprint density at radius 2 is 1.89 bits per heavy atom. The van der Waals surface area contributed by atoms with Crippen LogP contribution in [0.15, 0.2) is 0 Å². The minimum absolute atomic E-state index is 0.236. The first kappa shape index (κ1) is 20.1. The number of Topliss-reactive ketones (excluding diaryl/α,β-unsaturated/α-hetero) is 1. The molecule has 4 rings (SSSR count). The summed E-state index contributed by atoms with van der Waals surface area (Å²) in [4.78, 5) is 12.8. The van der Waals surface area contributed by atoms with Crippen LogP contribution in [-0.4, -0.2) is 28.5 Å². The number of halogens is 1. The lowest BCUT2D eigenvalue weighted by Crippen LogP contribution is -2.51. The van der Waals surface area contributed by atoms with E-state index in [1.54, 1.807) is 11.8 Å². The van der Waals surface area contributed by atoms with Gasteiger partial charge in [0.1, 0.15) is 11.4 Å². The Morgan fingerprint density at radius 3 is 2.63 bits per heavy atom. The fourth-order valence-corrected chi connectivity index (χ4v) is 8.51. The van der Waals surface area contributed by atoms with Crippen LogP contribution < -0.4 is 0 Å². The van der Waals surface area contributed by atoms with E-state index in [0.29, 0.717) is 23.4 Å². The van der Waals surface area contributed by atoms with Crippen molar-refractivity contribution in [2.75, 3.05) is 12.0 Å². The van der Waals surface area contributed by atoms with Crippen molar-refractivity contribution < 1.29 is 9.90 Å². The predicted octanol–water partition coefficient (Wildman–Crippen LogP) is 5.12. The van der Waals surface area contributed by atoms with Crippen LogP contribution in [0.25, 0.3) is 0 Å². The van der Waals surface area contributed by atoms with Gasteiger partial charge >= 0.3 is 0 Å². The van der Waals surface area contributed by atoms with E-state index in [1.165, 1.54) is 32.1 Å². The maximum Gasteiger partial charge on any atom is 0.146 e. The number of carbonyl (C=O) groups is 1. The van der Waals surface area contributed by atoms with Gasteiger partial charge in [-0.05, 0) is 111 Å². The molecule has 0 unspecified atom stereocenters. The van der Waals surface area contributed by atoms with Crippen molar-refractivity contribution in [1.82, 2.24) is 0 Å². The quantitative estimate of drug-likeness (QED) is 0.658. The number of carbonyl (C=O) groups excluding carboxylic acids is 1. The summed E-state index contributed by atoms with van der Waals surface area (Å²) in [6, 6.07) is 0. The molecule has 4 aliphatic rings. The van der Waals surface area contributed by atoms with Gasteiger partial charge in [-0.3, -0.25) is 4.79 Å². The maximum atomic E-state index is 12.8. The number of ketones is 1. The highest BCUT2D eigenvalue weighted by Gasteiger charge is 2.58. The second-order valence-corrected chi connectivity index (χ2v) is 11.1. The summed E-state index contributed by atoms with van der Waals surface area (Å²) in [6.45, 7) is 2.44. The second-order valence-electron chi connectivity index (χ2n) is 10.0. The fraction of sp³-hybridized carbons (Fsp3) is 0.870. The lowest BCUT2D eigenvalue weighted by atomic mass is 9.49. The molecule has 2 nitrogen and oxygen atoms in total. The van der Waals surface area contributed by atoms with Crippen molar-refractivity contribution in [1.29, 1.82) is 0 Å². The Hall–Kier alpha value is -0.170. The summed E-state index contributed by atoms with van der Waals surface area (Å²) in [7, 11) is 0. The molecule has 4 saturated carbocycles. The average Bonchev–Trinajstić information content (AvgIpc) is 2.98. The Labute approximate surface area is 173 Å². The first-order valence-electron chi connectivity index (χ1n) is 10.8.